The lowest BCUT2D eigenvalue weighted by molar-refractivity contribution is 0.199. The molecule has 1 aromatic carbocycles. The number of nitrogens with zero attached hydrogens (tertiary/aromatic N) is 1. The van der Waals surface area contributed by atoms with Gasteiger partial charge in [-0.25, -0.2) is 0 Å². The third-order valence-corrected chi connectivity index (χ3v) is 3.87. The molecule has 0 bridgehead atoms. The molecule has 1 aromatic heterocycles. The Balaban J connectivity index is 2.08. The van der Waals surface area contributed by atoms with E-state index >= 15 is 0 Å². The van der Waals surface area contributed by atoms with Crippen molar-refractivity contribution in [2.75, 3.05) is 20.3 Å². The van der Waals surface area contributed by atoms with Crippen LogP contribution in [0.5, 0.6) is 0 Å². The fourth-order valence-corrected chi connectivity index (χ4v) is 2.37. The lowest BCUT2D eigenvalue weighted by Gasteiger charge is -2.10. The number of rotatable bonds is 7. The zero-order chi connectivity index (χ0) is 15.9. The van der Waals surface area contributed by atoms with Crippen LogP contribution in [0, 0.1) is 6.92 Å². The van der Waals surface area contributed by atoms with Gasteiger partial charge < -0.3 is 10.1 Å². The molecule has 0 aliphatic rings. The molecule has 118 valence electrons. The van der Waals surface area contributed by atoms with Crippen molar-refractivity contribution in [1.29, 1.82) is 0 Å². The van der Waals surface area contributed by atoms with Crippen LogP contribution < -0.4 is 5.32 Å². The maximum Gasteiger partial charge on any atom is 0.0705 e. The van der Waals surface area contributed by atoms with Gasteiger partial charge in [-0.05, 0) is 30.0 Å². The standard InChI is InChI=1S/C19H26N2O/c1-14(2)16-5-7-17(8-6-16)19-10-9-18(15(3)21-19)13-20-11-12-22-4/h5-10,14,20H,11-13H2,1-4H3. The van der Waals surface area contributed by atoms with Crippen molar-refractivity contribution >= 4 is 0 Å². The van der Waals surface area contributed by atoms with Gasteiger partial charge in [0.1, 0.15) is 0 Å². The van der Waals surface area contributed by atoms with Gasteiger partial charge in [0.15, 0.2) is 0 Å². The third-order valence-electron chi connectivity index (χ3n) is 3.87. The monoisotopic (exact) mass is 298 g/mol. The zero-order valence-electron chi connectivity index (χ0n) is 14.0. The summed E-state index contributed by atoms with van der Waals surface area (Å²) in [5.74, 6) is 0.560. The number of ether oxygens (including phenoxy) is 1. The van der Waals surface area contributed by atoms with E-state index in [1.807, 2.05) is 0 Å². The van der Waals surface area contributed by atoms with Crippen LogP contribution >= 0.6 is 0 Å². The summed E-state index contributed by atoms with van der Waals surface area (Å²) in [6.07, 6.45) is 0. The Morgan fingerprint density at radius 3 is 2.41 bits per heavy atom. The number of aromatic nitrogens is 1. The van der Waals surface area contributed by atoms with Crippen molar-refractivity contribution in [3.05, 3.63) is 53.2 Å². The number of benzene rings is 1. The summed E-state index contributed by atoms with van der Waals surface area (Å²) < 4.78 is 5.04. The Morgan fingerprint density at radius 1 is 1.09 bits per heavy atom. The minimum Gasteiger partial charge on any atom is -0.383 e. The van der Waals surface area contributed by atoms with E-state index in [4.69, 9.17) is 9.72 Å². The first-order valence-corrected chi connectivity index (χ1v) is 7.88. The number of aryl methyl sites for hydroxylation is 1. The topological polar surface area (TPSA) is 34.1 Å². The molecule has 0 unspecified atom stereocenters. The summed E-state index contributed by atoms with van der Waals surface area (Å²) in [6, 6.07) is 13.0. The molecule has 1 heterocycles. The van der Waals surface area contributed by atoms with Gasteiger partial charge >= 0.3 is 0 Å². The largest absolute Gasteiger partial charge is 0.383 e. The quantitative estimate of drug-likeness (QED) is 0.787. The molecule has 2 aromatic rings. The predicted molar refractivity (Wildman–Crippen MR) is 92.1 cm³/mol. The summed E-state index contributed by atoms with van der Waals surface area (Å²) in [5.41, 5.74) is 5.88. The normalized spacial score (nSPS) is 11.1. The van der Waals surface area contributed by atoms with Crippen LogP contribution in [0.4, 0.5) is 0 Å². The molecule has 0 spiro atoms. The zero-order valence-corrected chi connectivity index (χ0v) is 14.0. The first-order chi connectivity index (χ1) is 10.6. The van der Waals surface area contributed by atoms with Crippen LogP contribution in [-0.4, -0.2) is 25.2 Å². The summed E-state index contributed by atoms with van der Waals surface area (Å²) in [5, 5.41) is 3.36. The van der Waals surface area contributed by atoms with Gasteiger partial charge in [0.2, 0.25) is 0 Å². The van der Waals surface area contributed by atoms with Crippen LogP contribution in [0.2, 0.25) is 0 Å². The Labute approximate surface area is 133 Å². The Kier molecular flexibility index (Phi) is 6.10. The van der Waals surface area contributed by atoms with E-state index in [0.29, 0.717) is 5.92 Å². The van der Waals surface area contributed by atoms with Crippen LogP contribution in [-0.2, 0) is 11.3 Å². The van der Waals surface area contributed by atoms with E-state index in [1.54, 1.807) is 7.11 Å². The van der Waals surface area contributed by atoms with E-state index in [9.17, 15) is 0 Å². The highest BCUT2D eigenvalue weighted by Gasteiger charge is 2.05. The molecule has 2 rings (SSSR count). The average molecular weight is 298 g/mol. The first-order valence-electron chi connectivity index (χ1n) is 7.88. The van der Waals surface area contributed by atoms with Crippen molar-refractivity contribution < 1.29 is 4.74 Å². The minimum absolute atomic E-state index is 0.560. The Bertz CT molecular complexity index is 591. The van der Waals surface area contributed by atoms with Gasteiger partial charge in [-0.2, -0.15) is 0 Å². The minimum atomic E-state index is 0.560. The Hall–Kier alpha value is -1.71. The molecule has 0 aliphatic heterocycles. The number of nitrogens with one attached hydrogen (secondary N) is 1. The summed E-state index contributed by atoms with van der Waals surface area (Å²) in [7, 11) is 1.72. The van der Waals surface area contributed by atoms with Gasteiger partial charge in [0.25, 0.3) is 0 Å². The van der Waals surface area contributed by atoms with E-state index in [1.165, 1.54) is 16.7 Å². The van der Waals surface area contributed by atoms with Crippen molar-refractivity contribution in [2.24, 2.45) is 0 Å². The maximum absolute atomic E-state index is 5.04. The number of hydrogen-bond acceptors (Lipinski definition) is 3. The molecule has 1 N–H and O–H groups in total. The van der Waals surface area contributed by atoms with E-state index < -0.39 is 0 Å². The molecule has 3 heteroatoms. The highest BCUT2D eigenvalue weighted by Crippen LogP contribution is 2.22. The molecule has 3 nitrogen and oxygen atoms in total. The lowest BCUT2D eigenvalue weighted by atomic mass is 10.0. The smallest absolute Gasteiger partial charge is 0.0705 e. The molecular weight excluding hydrogens is 272 g/mol. The van der Waals surface area contributed by atoms with Crippen LogP contribution in [0.1, 0.15) is 36.6 Å². The van der Waals surface area contributed by atoms with Crippen LogP contribution in [0.3, 0.4) is 0 Å². The molecule has 0 fully saturated rings. The van der Waals surface area contributed by atoms with Gasteiger partial charge in [-0.1, -0.05) is 44.2 Å². The first kappa shape index (κ1) is 16.7. The molecular formula is C19H26N2O. The molecule has 0 aliphatic carbocycles. The second-order valence-corrected chi connectivity index (χ2v) is 5.89. The fraction of sp³-hybridized carbons (Fsp3) is 0.421. The molecule has 0 saturated heterocycles. The summed E-state index contributed by atoms with van der Waals surface area (Å²) in [4.78, 5) is 4.75. The predicted octanol–water partition coefficient (Wildman–Crippen LogP) is 3.92. The highest BCUT2D eigenvalue weighted by atomic mass is 16.5. The lowest BCUT2D eigenvalue weighted by Crippen LogP contribution is -2.19. The van der Waals surface area contributed by atoms with Crippen molar-refractivity contribution in [3.8, 4) is 11.3 Å². The second-order valence-electron chi connectivity index (χ2n) is 5.89. The Morgan fingerprint density at radius 2 is 1.82 bits per heavy atom. The summed E-state index contributed by atoms with van der Waals surface area (Å²) >= 11 is 0. The van der Waals surface area contributed by atoms with Crippen LogP contribution in [0.25, 0.3) is 11.3 Å². The number of hydrogen-bond donors (Lipinski definition) is 1. The van der Waals surface area contributed by atoms with Crippen molar-refractivity contribution in [2.45, 2.75) is 33.2 Å². The molecule has 0 saturated carbocycles. The number of pyridine rings is 1. The maximum atomic E-state index is 5.04. The van der Waals surface area contributed by atoms with Gasteiger partial charge in [-0.15, -0.1) is 0 Å². The SMILES string of the molecule is COCCNCc1ccc(-c2ccc(C(C)C)cc2)nc1C. The molecule has 22 heavy (non-hydrogen) atoms. The molecule has 0 amide bonds. The van der Waals surface area contributed by atoms with Gasteiger partial charge in [0.05, 0.1) is 12.3 Å². The fourth-order valence-electron chi connectivity index (χ4n) is 2.37. The van der Waals surface area contributed by atoms with Gasteiger partial charge in [0, 0.05) is 31.5 Å². The van der Waals surface area contributed by atoms with E-state index in [-0.39, 0.29) is 0 Å². The van der Waals surface area contributed by atoms with Crippen molar-refractivity contribution in [3.63, 3.8) is 0 Å². The van der Waals surface area contributed by atoms with Crippen molar-refractivity contribution in [1.82, 2.24) is 10.3 Å². The third kappa shape index (κ3) is 4.39. The molecule has 0 radical (unpaired) electrons. The summed E-state index contributed by atoms with van der Waals surface area (Å²) in [6.45, 7) is 8.90. The van der Waals surface area contributed by atoms with Gasteiger partial charge in [-0.3, -0.25) is 4.98 Å². The van der Waals surface area contributed by atoms with E-state index in [0.717, 1.165) is 31.1 Å². The van der Waals surface area contributed by atoms with Crippen LogP contribution in [0.15, 0.2) is 36.4 Å². The second kappa shape index (κ2) is 8.06. The molecule has 0 atom stereocenters. The number of methoxy groups -OCH3 is 1. The highest BCUT2D eigenvalue weighted by molar-refractivity contribution is 5.60. The van der Waals surface area contributed by atoms with E-state index in [2.05, 4.69) is 62.5 Å². The average Bonchev–Trinajstić information content (AvgIpc) is 2.53.